The van der Waals surface area contributed by atoms with Crippen LogP contribution in [0.4, 0.5) is 26.2 Å². The lowest BCUT2D eigenvalue weighted by Crippen LogP contribution is -2.39. The third-order valence-corrected chi connectivity index (χ3v) is 7.11. The molecule has 0 spiro atoms. The zero-order valence-corrected chi connectivity index (χ0v) is 21.7. The van der Waals surface area contributed by atoms with Gasteiger partial charge < -0.3 is 29.8 Å². The van der Waals surface area contributed by atoms with Gasteiger partial charge in [0, 0.05) is 50.6 Å². The first-order valence-electron chi connectivity index (χ1n) is 13.3. The average Bonchev–Trinajstić information content (AvgIpc) is 3.39. The van der Waals surface area contributed by atoms with Crippen LogP contribution < -0.4 is 15.5 Å². The van der Waals surface area contributed by atoms with Crippen LogP contribution in [0.5, 0.6) is 0 Å². The SMILES string of the molecule is O=C(Nc1ccc(N2CCCN(C(=O)Nc3ccccc3F)CC2)c(C(=O)N2CCCCC2)c1)c1ccco1. The molecule has 0 unspecified atom stereocenters. The molecule has 1 aromatic heterocycles. The van der Waals surface area contributed by atoms with Crippen molar-refractivity contribution in [3.63, 3.8) is 0 Å². The van der Waals surface area contributed by atoms with E-state index in [4.69, 9.17) is 4.42 Å². The van der Waals surface area contributed by atoms with E-state index in [-0.39, 0.29) is 23.4 Å². The van der Waals surface area contributed by atoms with Gasteiger partial charge in [-0.2, -0.15) is 0 Å². The van der Waals surface area contributed by atoms with Crippen molar-refractivity contribution >= 4 is 34.9 Å². The number of furan rings is 1. The molecular weight excluding hydrogens is 501 g/mol. The number of benzene rings is 2. The zero-order valence-electron chi connectivity index (χ0n) is 21.7. The minimum atomic E-state index is -0.484. The third-order valence-electron chi connectivity index (χ3n) is 7.11. The van der Waals surface area contributed by atoms with Crippen LogP contribution in [0.2, 0.25) is 0 Å². The van der Waals surface area contributed by atoms with Gasteiger partial charge in [-0.05, 0) is 68.1 Å². The van der Waals surface area contributed by atoms with Gasteiger partial charge in [-0.1, -0.05) is 12.1 Å². The fourth-order valence-corrected chi connectivity index (χ4v) is 5.05. The van der Waals surface area contributed by atoms with E-state index in [1.807, 2.05) is 11.0 Å². The molecule has 0 radical (unpaired) electrons. The third kappa shape index (κ3) is 6.22. The van der Waals surface area contributed by atoms with Crippen LogP contribution >= 0.6 is 0 Å². The molecule has 2 fully saturated rings. The molecule has 2 N–H and O–H groups in total. The Hall–Kier alpha value is -4.34. The van der Waals surface area contributed by atoms with Crippen LogP contribution in [0, 0.1) is 5.82 Å². The number of rotatable bonds is 5. The molecule has 2 aromatic carbocycles. The second-order valence-electron chi connectivity index (χ2n) is 9.75. The highest BCUT2D eigenvalue weighted by Crippen LogP contribution is 2.28. The summed E-state index contributed by atoms with van der Waals surface area (Å²) in [7, 11) is 0. The minimum Gasteiger partial charge on any atom is -0.459 e. The number of piperidine rings is 1. The standard InChI is InChI=1S/C29H32FN5O4/c30-23-8-2-3-9-24(23)32-29(38)35-16-7-15-33(17-18-35)25-12-11-21(31-27(36)26-10-6-19-39-26)20-22(25)28(37)34-13-4-1-5-14-34/h2-3,6,8-12,19-20H,1,4-5,7,13-18H2,(H,31,36)(H,32,38). The topological polar surface area (TPSA) is 98.1 Å². The Morgan fingerprint density at radius 3 is 2.33 bits per heavy atom. The van der Waals surface area contributed by atoms with Gasteiger partial charge in [0.05, 0.1) is 17.5 Å². The Morgan fingerprint density at radius 1 is 0.769 bits per heavy atom. The molecule has 9 nitrogen and oxygen atoms in total. The van der Waals surface area contributed by atoms with Crippen LogP contribution in [0.15, 0.2) is 65.3 Å². The molecule has 2 aliphatic rings. The quantitative estimate of drug-likeness (QED) is 0.479. The highest BCUT2D eigenvalue weighted by Gasteiger charge is 2.26. The van der Waals surface area contributed by atoms with Gasteiger partial charge in [0.25, 0.3) is 11.8 Å². The molecule has 5 rings (SSSR count). The summed E-state index contributed by atoms with van der Waals surface area (Å²) < 4.78 is 19.2. The van der Waals surface area contributed by atoms with E-state index in [1.165, 1.54) is 18.4 Å². The van der Waals surface area contributed by atoms with E-state index in [0.717, 1.165) is 24.9 Å². The molecular formula is C29H32FN5O4. The van der Waals surface area contributed by atoms with Gasteiger partial charge in [0.2, 0.25) is 0 Å². The maximum atomic E-state index is 14.0. The fourth-order valence-electron chi connectivity index (χ4n) is 5.05. The Balaban J connectivity index is 1.34. The molecule has 4 amide bonds. The van der Waals surface area contributed by atoms with Crippen LogP contribution in [-0.2, 0) is 0 Å². The summed E-state index contributed by atoms with van der Waals surface area (Å²) in [6, 6.07) is 14.3. The van der Waals surface area contributed by atoms with Crippen LogP contribution in [0.25, 0.3) is 0 Å². The Labute approximate surface area is 226 Å². The Kier molecular flexibility index (Phi) is 8.10. The van der Waals surface area contributed by atoms with Crippen molar-refractivity contribution in [3.05, 3.63) is 78.0 Å². The summed E-state index contributed by atoms with van der Waals surface area (Å²) >= 11 is 0. The average molecular weight is 534 g/mol. The summed E-state index contributed by atoms with van der Waals surface area (Å²) in [4.78, 5) is 44.7. The van der Waals surface area contributed by atoms with Gasteiger partial charge in [-0.15, -0.1) is 0 Å². The number of nitrogens with zero attached hydrogens (tertiary/aromatic N) is 3. The van der Waals surface area contributed by atoms with Crippen LogP contribution in [0.1, 0.15) is 46.6 Å². The minimum absolute atomic E-state index is 0.0720. The van der Waals surface area contributed by atoms with Gasteiger partial charge in [-0.3, -0.25) is 9.59 Å². The van der Waals surface area contributed by atoms with E-state index >= 15 is 0 Å². The maximum absolute atomic E-state index is 14.0. The molecule has 2 aliphatic heterocycles. The molecule has 2 saturated heterocycles. The smallest absolute Gasteiger partial charge is 0.321 e. The van der Waals surface area contributed by atoms with Gasteiger partial charge in [0.15, 0.2) is 5.76 Å². The molecule has 0 saturated carbocycles. The molecule has 0 atom stereocenters. The summed E-state index contributed by atoms with van der Waals surface area (Å²) in [5, 5.41) is 5.48. The zero-order chi connectivity index (χ0) is 27.2. The molecule has 204 valence electrons. The van der Waals surface area contributed by atoms with Crippen molar-refractivity contribution in [1.29, 1.82) is 0 Å². The molecule has 0 bridgehead atoms. The van der Waals surface area contributed by atoms with Crippen molar-refractivity contribution < 1.29 is 23.2 Å². The first-order valence-corrected chi connectivity index (χ1v) is 13.3. The number of amides is 4. The number of urea groups is 1. The Morgan fingerprint density at radius 2 is 1.56 bits per heavy atom. The first kappa shape index (κ1) is 26.3. The number of para-hydroxylation sites is 1. The number of anilines is 3. The van der Waals surface area contributed by atoms with Crippen LogP contribution in [-0.4, -0.2) is 66.9 Å². The number of halogens is 1. The number of carbonyl (C=O) groups excluding carboxylic acids is 3. The van der Waals surface area contributed by atoms with Crippen molar-refractivity contribution in [1.82, 2.24) is 9.80 Å². The highest BCUT2D eigenvalue weighted by molar-refractivity contribution is 6.05. The monoisotopic (exact) mass is 533 g/mol. The van der Waals surface area contributed by atoms with E-state index in [1.54, 1.807) is 41.3 Å². The van der Waals surface area contributed by atoms with Gasteiger partial charge in [0.1, 0.15) is 5.82 Å². The largest absolute Gasteiger partial charge is 0.459 e. The fraction of sp³-hybridized carbons (Fsp3) is 0.345. The number of likely N-dealkylation sites (tertiary alicyclic amines) is 1. The number of hydrogen-bond donors (Lipinski definition) is 2. The maximum Gasteiger partial charge on any atom is 0.321 e. The number of hydrogen-bond acceptors (Lipinski definition) is 5. The predicted molar refractivity (Wildman–Crippen MR) is 147 cm³/mol. The molecule has 10 heteroatoms. The lowest BCUT2D eigenvalue weighted by Gasteiger charge is -2.30. The normalized spacial score (nSPS) is 16.0. The first-order chi connectivity index (χ1) is 19.0. The second kappa shape index (κ2) is 12.0. The summed E-state index contributed by atoms with van der Waals surface area (Å²) in [6.07, 6.45) is 5.14. The molecule has 0 aliphatic carbocycles. The van der Waals surface area contributed by atoms with Crippen molar-refractivity contribution in [2.24, 2.45) is 0 Å². The Bertz CT molecular complexity index is 1320. The predicted octanol–water partition coefficient (Wildman–Crippen LogP) is 5.04. The van der Waals surface area contributed by atoms with E-state index in [0.29, 0.717) is 56.9 Å². The summed E-state index contributed by atoms with van der Waals surface area (Å²) in [6.45, 7) is 3.46. The van der Waals surface area contributed by atoms with Crippen molar-refractivity contribution in [2.45, 2.75) is 25.7 Å². The van der Waals surface area contributed by atoms with Gasteiger partial charge in [-0.25, -0.2) is 9.18 Å². The second-order valence-corrected chi connectivity index (χ2v) is 9.75. The van der Waals surface area contributed by atoms with Crippen molar-refractivity contribution in [3.8, 4) is 0 Å². The van der Waals surface area contributed by atoms with Crippen molar-refractivity contribution in [2.75, 3.05) is 54.8 Å². The summed E-state index contributed by atoms with van der Waals surface area (Å²) in [5.74, 6) is -0.765. The van der Waals surface area contributed by atoms with Gasteiger partial charge >= 0.3 is 6.03 Å². The molecule has 3 aromatic rings. The molecule has 3 heterocycles. The number of carbonyl (C=O) groups is 3. The number of nitrogens with one attached hydrogen (secondary N) is 2. The van der Waals surface area contributed by atoms with E-state index < -0.39 is 11.7 Å². The van der Waals surface area contributed by atoms with E-state index in [9.17, 15) is 18.8 Å². The lowest BCUT2D eigenvalue weighted by atomic mass is 10.1. The lowest BCUT2D eigenvalue weighted by molar-refractivity contribution is 0.0724. The molecule has 39 heavy (non-hydrogen) atoms. The van der Waals surface area contributed by atoms with E-state index in [2.05, 4.69) is 15.5 Å². The summed E-state index contributed by atoms with van der Waals surface area (Å²) in [5.41, 5.74) is 1.92. The van der Waals surface area contributed by atoms with Crippen LogP contribution in [0.3, 0.4) is 0 Å². The highest BCUT2D eigenvalue weighted by atomic mass is 19.1.